The summed E-state index contributed by atoms with van der Waals surface area (Å²) >= 11 is 0. The number of hydrogen-bond donors (Lipinski definition) is 1. The van der Waals surface area contributed by atoms with Crippen molar-refractivity contribution in [2.24, 2.45) is 0 Å². The number of rotatable bonds is 4. The van der Waals surface area contributed by atoms with Crippen molar-refractivity contribution in [3.63, 3.8) is 0 Å². The summed E-state index contributed by atoms with van der Waals surface area (Å²) < 4.78 is 58.9. The minimum absolute atomic E-state index is 0.317. The van der Waals surface area contributed by atoms with E-state index in [-0.39, 0.29) is 5.69 Å². The topological polar surface area (TPSA) is 41.6 Å². The Morgan fingerprint density at radius 3 is 2.38 bits per heavy atom. The third kappa shape index (κ3) is 5.35. The first-order valence-electron chi connectivity index (χ1n) is 9.03. The zero-order valence-corrected chi connectivity index (χ0v) is 15.7. The average Bonchev–Trinajstić information content (AvgIpc) is 2.68. The van der Waals surface area contributed by atoms with Gasteiger partial charge in [-0.15, -0.1) is 0 Å². The van der Waals surface area contributed by atoms with Gasteiger partial charge in [-0.25, -0.2) is 4.39 Å². The third-order valence-corrected chi connectivity index (χ3v) is 4.59. The second-order valence-electron chi connectivity index (χ2n) is 6.65. The van der Waals surface area contributed by atoms with Gasteiger partial charge in [0, 0.05) is 24.9 Å². The molecule has 0 spiro atoms. The third-order valence-electron chi connectivity index (χ3n) is 4.59. The molecule has 0 radical (unpaired) electrons. The number of alkyl halides is 3. The fourth-order valence-electron chi connectivity index (χ4n) is 3.06. The van der Waals surface area contributed by atoms with Gasteiger partial charge in [-0.2, -0.15) is 13.2 Å². The van der Waals surface area contributed by atoms with E-state index in [1.165, 1.54) is 36.4 Å². The molecule has 3 rings (SSSR count). The average molecular weight is 408 g/mol. The number of nitrogens with one attached hydrogen (secondary N) is 1. The van der Waals surface area contributed by atoms with Crippen LogP contribution in [0.15, 0.2) is 48.5 Å². The van der Waals surface area contributed by atoms with E-state index in [9.17, 15) is 22.4 Å². The van der Waals surface area contributed by atoms with Crippen molar-refractivity contribution in [1.82, 2.24) is 0 Å². The molecule has 0 bridgehead atoms. The van der Waals surface area contributed by atoms with E-state index in [4.69, 9.17) is 4.74 Å². The van der Waals surface area contributed by atoms with Crippen LogP contribution in [-0.4, -0.2) is 32.2 Å². The Bertz CT molecular complexity index is 902. The highest BCUT2D eigenvalue weighted by molar-refractivity contribution is 6.04. The van der Waals surface area contributed by atoms with Crippen molar-refractivity contribution in [3.8, 4) is 0 Å². The van der Waals surface area contributed by atoms with Crippen molar-refractivity contribution in [2.75, 3.05) is 36.5 Å². The maximum absolute atomic E-state index is 13.6. The molecule has 1 N–H and O–H groups in total. The first-order chi connectivity index (χ1) is 13.7. The van der Waals surface area contributed by atoms with Crippen LogP contribution < -0.4 is 10.2 Å². The fraction of sp³-hybridized carbons (Fsp3) is 0.286. The Morgan fingerprint density at radius 2 is 1.76 bits per heavy atom. The van der Waals surface area contributed by atoms with Crippen LogP contribution in [0.25, 0.3) is 5.57 Å². The molecule has 2 aromatic carbocycles. The number of benzene rings is 2. The second-order valence-corrected chi connectivity index (χ2v) is 6.65. The van der Waals surface area contributed by atoms with Crippen LogP contribution in [0.3, 0.4) is 0 Å². The summed E-state index contributed by atoms with van der Waals surface area (Å²) in [5.41, 5.74) is 0.295. The van der Waals surface area contributed by atoms with Crippen LogP contribution in [0.5, 0.6) is 0 Å². The van der Waals surface area contributed by atoms with E-state index in [2.05, 4.69) is 5.32 Å². The van der Waals surface area contributed by atoms with Crippen molar-refractivity contribution < 1.29 is 27.1 Å². The molecule has 0 saturated carbocycles. The monoisotopic (exact) mass is 408 g/mol. The highest BCUT2D eigenvalue weighted by Gasteiger charge is 2.34. The van der Waals surface area contributed by atoms with E-state index >= 15 is 0 Å². The van der Waals surface area contributed by atoms with E-state index in [1.807, 2.05) is 4.90 Å². The zero-order valence-electron chi connectivity index (χ0n) is 15.7. The molecule has 0 atom stereocenters. The maximum atomic E-state index is 13.6. The van der Waals surface area contributed by atoms with E-state index in [1.54, 1.807) is 13.0 Å². The number of ether oxygens (including phenoxy) is 1. The first kappa shape index (κ1) is 20.9. The maximum Gasteiger partial charge on any atom is 0.418 e. The molecule has 0 unspecified atom stereocenters. The van der Waals surface area contributed by atoms with Crippen molar-refractivity contribution in [1.29, 1.82) is 0 Å². The Morgan fingerprint density at radius 1 is 1.10 bits per heavy atom. The molecule has 154 valence electrons. The van der Waals surface area contributed by atoms with E-state index < -0.39 is 23.5 Å². The van der Waals surface area contributed by atoms with Gasteiger partial charge in [0.2, 0.25) is 5.91 Å². The van der Waals surface area contributed by atoms with Gasteiger partial charge >= 0.3 is 6.18 Å². The van der Waals surface area contributed by atoms with Crippen LogP contribution in [0.1, 0.15) is 18.1 Å². The molecule has 1 amide bonds. The van der Waals surface area contributed by atoms with Crippen molar-refractivity contribution in [3.05, 3.63) is 65.5 Å². The van der Waals surface area contributed by atoms with Crippen LogP contribution in [0.2, 0.25) is 0 Å². The summed E-state index contributed by atoms with van der Waals surface area (Å²) in [5.74, 6) is -1.11. The quantitative estimate of drug-likeness (QED) is 0.588. The highest BCUT2D eigenvalue weighted by Crippen LogP contribution is 2.37. The number of allylic oxidation sites excluding steroid dienone is 1. The molecule has 0 aliphatic carbocycles. The molecule has 1 saturated heterocycles. The Labute approximate surface area is 165 Å². The Kier molecular flexibility index (Phi) is 6.22. The van der Waals surface area contributed by atoms with Gasteiger partial charge in [0.1, 0.15) is 5.82 Å². The lowest BCUT2D eigenvalue weighted by atomic mass is 10.1. The van der Waals surface area contributed by atoms with Crippen LogP contribution in [-0.2, 0) is 15.7 Å². The van der Waals surface area contributed by atoms with Crippen molar-refractivity contribution in [2.45, 2.75) is 13.1 Å². The lowest BCUT2D eigenvalue weighted by Gasteiger charge is -2.29. The summed E-state index contributed by atoms with van der Waals surface area (Å²) in [6.45, 7) is 3.53. The number of morpholine rings is 1. The predicted octanol–water partition coefficient (Wildman–Crippen LogP) is 4.72. The molecule has 1 aliphatic rings. The van der Waals surface area contributed by atoms with Gasteiger partial charge in [-0.1, -0.05) is 12.1 Å². The van der Waals surface area contributed by atoms with E-state index in [0.29, 0.717) is 43.1 Å². The SMILES string of the molecule is C/C(=C\C(=O)Nc1ccc(N2CCOCC2)cc1C(F)(F)F)c1ccc(F)cc1. The lowest BCUT2D eigenvalue weighted by Crippen LogP contribution is -2.36. The van der Waals surface area contributed by atoms with Gasteiger partial charge in [0.05, 0.1) is 24.5 Å². The van der Waals surface area contributed by atoms with Crippen LogP contribution >= 0.6 is 0 Å². The largest absolute Gasteiger partial charge is 0.418 e. The minimum atomic E-state index is -4.62. The molecular weight excluding hydrogens is 388 g/mol. The summed E-state index contributed by atoms with van der Waals surface area (Å²) in [6.07, 6.45) is -3.44. The number of nitrogens with zero attached hydrogens (tertiary/aromatic N) is 1. The summed E-state index contributed by atoms with van der Waals surface area (Å²) in [6, 6.07) is 9.32. The number of carbonyl (C=O) groups excluding carboxylic acids is 1. The van der Waals surface area contributed by atoms with Gasteiger partial charge in [-0.3, -0.25) is 4.79 Å². The number of carbonyl (C=O) groups is 1. The van der Waals surface area contributed by atoms with Crippen LogP contribution in [0.4, 0.5) is 28.9 Å². The first-order valence-corrected chi connectivity index (χ1v) is 9.03. The van der Waals surface area contributed by atoms with Crippen LogP contribution in [0, 0.1) is 5.82 Å². The van der Waals surface area contributed by atoms with Crippen molar-refractivity contribution >= 4 is 22.9 Å². The second kappa shape index (κ2) is 8.65. The lowest BCUT2D eigenvalue weighted by molar-refractivity contribution is -0.136. The van der Waals surface area contributed by atoms with Gasteiger partial charge in [0.25, 0.3) is 0 Å². The highest BCUT2D eigenvalue weighted by atomic mass is 19.4. The fourth-order valence-corrected chi connectivity index (χ4v) is 3.06. The number of halogens is 4. The van der Waals surface area contributed by atoms with E-state index in [0.717, 1.165) is 6.07 Å². The Balaban J connectivity index is 1.82. The zero-order chi connectivity index (χ0) is 21.0. The molecule has 0 aromatic heterocycles. The Hall–Kier alpha value is -2.87. The molecule has 1 aliphatic heterocycles. The standard InChI is InChI=1S/C21H20F4N2O2/c1-14(15-2-4-16(22)5-3-15)12-20(28)26-19-7-6-17(13-18(19)21(23,24)25)27-8-10-29-11-9-27/h2-7,12-13H,8-11H2,1H3,(H,26,28)/b14-12+. The molecule has 1 fully saturated rings. The number of anilines is 2. The van der Waals surface area contributed by atoms with Gasteiger partial charge < -0.3 is 15.0 Å². The number of amides is 1. The molecule has 8 heteroatoms. The summed E-state index contributed by atoms with van der Waals surface area (Å²) in [5, 5.41) is 2.31. The molecule has 29 heavy (non-hydrogen) atoms. The van der Waals surface area contributed by atoms with Gasteiger partial charge in [-0.05, 0) is 48.4 Å². The number of hydrogen-bond acceptors (Lipinski definition) is 3. The predicted molar refractivity (Wildman–Crippen MR) is 103 cm³/mol. The minimum Gasteiger partial charge on any atom is -0.378 e. The normalized spacial score (nSPS) is 15.3. The molecule has 2 aromatic rings. The molecule has 4 nitrogen and oxygen atoms in total. The molecular formula is C21H20F4N2O2. The summed E-state index contributed by atoms with van der Waals surface area (Å²) in [4.78, 5) is 14.1. The smallest absolute Gasteiger partial charge is 0.378 e. The summed E-state index contributed by atoms with van der Waals surface area (Å²) in [7, 11) is 0. The van der Waals surface area contributed by atoms with Gasteiger partial charge in [0.15, 0.2) is 0 Å². The molecule has 1 heterocycles.